The Morgan fingerprint density at radius 3 is 2.68 bits per heavy atom. The van der Waals surface area contributed by atoms with E-state index in [9.17, 15) is 8.42 Å². The second-order valence-electron chi connectivity index (χ2n) is 6.37. The lowest BCUT2D eigenvalue weighted by Gasteiger charge is -2.35. The molecule has 2 aromatic heterocycles. The fraction of sp³-hybridized carbons (Fsp3) is 0.294. The van der Waals surface area contributed by atoms with Crippen molar-refractivity contribution in [3.05, 3.63) is 42.7 Å². The Balaban J connectivity index is 1.31. The number of nitrogens with zero attached hydrogens (tertiary/aromatic N) is 5. The van der Waals surface area contributed by atoms with Crippen molar-refractivity contribution in [2.24, 2.45) is 0 Å². The summed E-state index contributed by atoms with van der Waals surface area (Å²) < 4.78 is 43.3. The van der Waals surface area contributed by atoms with Gasteiger partial charge in [0.05, 0.1) is 17.0 Å². The molecule has 0 N–H and O–H groups in total. The second kappa shape index (κ2) is 6.53. The first-order chi connectivity index (χ1) is 13.6. The Morgan fingerprint density at radius 1 is 1.07 bits per heavy atom. The maximum atomic E-state index is 12.8. The smallest absolute Gasteiger partial charge is 0.243 e. The van der Waals surface area contributed by atoms with E-state index in [0.717, 1.165) is 0 Å². The van der Waals surface area contributed by atoms with Gasteiger partial charge in [-0.25, -0.2) is 13.4 Å². The first-order valence-corrected chi connectivity index (χ1v) is 10.0. The number of ether oxygens (including phenoxy) is 2. The van der Waals surface area contributed by atoms with Gasteiger partial charge in [-0.05, 0) is 12.1 Å². The number of aromatic nitrogens is 4. The lowest BCUT2D eigenvalue weighted by atomic mass is 10.0. The molecule has 1 fully saturated rings. The highest BCUT2D eigenvalue weighted by Gasteiger charge is 2.40. The molecule has 11 heteroatoms. The van der Waals surface area contributed by atoms with Crippen molar-refractivity contribution in [1.82, 2.24) is 24.4 Å². The fourth-order valence-corrected chi connectivity index (χ4v) is 4.59. The lowest BCUT2D eigenvalue weighted by Crippen LogP contribution is -2.48. The zero-order chi connectivity index (χ0) is 19.1. The Hall–Kier alpha value is -3.05. The van der Waals surface area contributed by atoms with Crippen LogP contribution in [0.5, 0.6) is 11.5 Å². The maximum absolute atomic E-state index is 12.8. The molecule has 0 atom stereocenters. The molecule has 3 aromatic rings. The van der Waals surface area contributed by atoms with Crippen LogP contribution in [0.15, 0.2) is 46.2 Å². The number of rotatable bonds is 4. The molecule has 0 amide bonds. The third-order valence-electron chi connectivity index (χ3n) is 4.58. The summed E-state index contributed by atoms with van der Waals surface area (Å²) in [5, 5.41) is 3.90. The highest BCUT2D eigenvalue weighted by molar-refractivity contribution is 7.89. The predicted octanol–water partition coefficient (Wildman–Crippen LogP) is 1.09. The van der Waals surface area contributed by atoms with E-state index in [1.54, 1.807) is 12.3 Å². The number of sulfonamides is 1. The monoisotopic (exact) mass is 401 g/mol. The average Bonchev–Trinajstić information content (AvgIpc) is 3.16. The summed E-state index contributed by atoms with van der Waals surface area (Å²) in [5.74, 6) is 1.54. The average molecular weight is 401 g/mol. The van der Waals surface area contributed by atoms with Crippen LogP contribution in [0.4, 0.5) is 0 Å². The number of hydrogen-bond acceptors (Lipinski definition) is 9. The second-order valence-corrected chi connectivity index (χ2v) is 8.31. The molecule has 28 heavy (non-hydrogen) atoms. The van der Waals surface area contributed by atoms with Gasteiger partial charge in [0.25, 0.3) is 0 Å². The molecule has 5 rings (SSSR count). The number of hydrogen-bond donors (Lipinski definition) is 0. The molecule has 1 aromatic carbocycles. The quantitative estimate of drug-likeness (QED) is 0.632. The van der Waals surface area contributed by atoms with Crippen LogP contribution in [0.1, 0.15) is 11.8 Å². The van der Waals surface area contributed by atoms with Crippen LogP contribution >= 0.6 is 0 Å². The first-order valence-electron chi connectivity index (χ1n) is 8.61. The van der Waals surface area contributed by atoms with Gasteiger partial charge in [0, 0.05) is 31.5 Å². The van der Waals surface area contributed by atoms with Crippen LogP contribution < -0.4 is 9.47 Å². The molecule has 0 aliphatic carbocycles. The minimum Gasteiger partial charge on any atom is -0.486 e. The van der Waals surface area contributed by atoms with Crippen LogP contribution in [-0.4, -0.2) is 59.1 Å². The van der Waals surface area contributed by atoms with E-state index in [1.165, 1.54) is 28.8 Å². The molecule has 0 saturated carbocycles. The summed E-state index contributed by atoms with van der Waals surface area (Å²) in [7, 11) is -3.64. The molecule has 0 radical (unpaired) electrons. The summed E-state index contributed by atoms with van der Waals surface area (Å²) in [6.07, 6.45) is 4.63. The third-order valence-corrected chi connectivity index (χ3v) is 6.41. The SMILES string of the molecule is O=S(=O)(c1ccc2c(c1)OCCO2)N1CC(c2nc(-c3cnccn3)no2)C1. The van der Waals surface area contributed by atoms with Gasteiger partial charge in [-0.1, -0.05) is 5.16 Å². The van der Waals surface area contributed by atoms with Gasteiger partial charge in [-0.3, -0.25) is 4.98 Å². The van der Waals surface area contributed by atoms with E-state index in [0.29, 0.717) is 42.1 Å². The maximum Gasteiger partial charge on any atom is 0.243 e. The van der Waals surface area contributed by atoms with Crippen molar-refractivity contribution >= 4 is 10.0 Å². The number of fused-ring (bicyclic) bond motifs is 1. The minimum absolute atomic E-state index is 0.162. The van der Waals surface area contributed by atoms with Crippen LogP contribution in [0.2, 0.25) is 0 Å². The predicted molar refractivity (Wildman–Crippen MR) is 94.3 cm³/mol. The van der Waals surface area contributed by atoms with E-state index in [4.69, 9.17) is 14.0 Å². The Labute approximate surface area is 160 Å². The summed E-state index contributed by atoms with van der Waals surface area (Å²) in [6.45, 7) is 1.37. The highest BCUT2D eigenvalue weighted by Crippen LogP contribution is 2.36. The fourth-order valence-electron chi connectivity index (χ4n) is 3.04. The number of benzene rings is 1. The standard InChI is InChI=1S/C17H15N5O5S/c23-28(24,12-1-2-14-15(7-12)26-6-5-25-14)22-9-11(10-22)17-20-16(21-27-17)13-8-18-3-4-19-13/h1-4,7-8,11H,5-6,9-10H2. The molecular formula is C17H15N5O5S. The molecule has 0 spiro atoms. The van der Waals surface area contributed by atoms with Crippen LogP contribution in [0, 0.1) is 0 Å². The van der Waals surface area contributed by atoms with Crippen LogP contribution in [0.25, 0.3) is 11.5 Å². The molecule has 0 bridgehead atoms. The molecule has 4 heterocycles. The Kier molecular flexibility index (Phi) is 3.98. The molecule has 10 nitrogen and oxygen atoms in total. The van der Waals surface area contributed by atoms with Gasteiger partial charge in [0.15, 0.2) is 11.5 Å². The first kappa shape index (κ1) is 17.1. The zero-order valence-corrected chi connectivity index (χ0v) is 15.4. The van der Waals surface area contributed by atoms with Crippen molar-refractivity contribution in [3.8, 4) is 23.0 Å². The summed E-state index contributed by atoms with van der Waals surface area (Å²) in [6, 6.07) is 4.63. The van der Waals surface area contributed by atoms with Gasteiger partial charge in [-0.15, -0.1) is 0 Å². The van der Waals surface area contributed by atoms with E-state index in [-0.39, 0.29) is 23.9 Å². The van der Waals surface area contributed by atoms with Crippen molar-refractivity contribution in [1.29, 1.82) is 0 Å². The van der Waals surface area contributed by atoms with Crippen molar-refractivity contribution in [2.45, 2.75) is 10.8 Å². The molecule has 2 aliphatic rings. The largest absolute Gasteiger partial charge is 0.486 e. The molecule has 0 unspecified atom stereocenters. The minimum atomic E-state index is -3.64. The van der Waals surface area contributed by atoms with Gasteiger partial charge in [0.1, 0.15) is 18.9 Å². The zero-order valence-electron chi connectivity index (χ0n) is 14.6. The van der Waals surface area contributed by atoms with Gasteiger partial charge in [0.2, 0.25) is 21.7 Å². The van der Waals surface area contributed by atoms with Crippen molar-refractivity contribution in [3.63, 3.8) is 0 Å². The van der Waals surface area contributed by atoms with Crippen LogP contribution in [-0.2, 0) is 10.0 Å². The van der Waals surface area contributed by atoms with Crippen molar-refractivity contribution < 1.29 is 22.4 Å². The lowest BCUT2D eigenvalue weighted by molar-refractivity contribution is 0.171. The van der Waals surface area contributed by atoms with E-state index in [1.807, 2.05) is 0 Å². The van der Waals surface area contributed by atoms with Crippen molar-refractivity contribution in [2.75, 3.05) is 26.3 Å². The third kappa shape index (κ3) is 2.88. The highest BCUT2D eigenvalue weighted by atomic mass is 32.2. The van der Waals surface area contributed by atoms with Gasteiger partial charge >= 0.3 is 0 Å². The van der Waals surface area contributed by atoms with Gasteiger partial charge in [-0.2, -0.15) is 9.29 Å². The molecule has 144 valence electrons. The molecule has 2 aliphatic heterocycles. The molecule has 1 saturated heterocycles. The summed E-state index contributed by atoms with van der Waals surface area (Å²) >= 11 is 0. The molecular weight excluding hydrogens is 386 g/mol. The summed E-state index contributed by atoms with van der Waals surface area (Å²) in [5.41, 5.74) is 0.498. The van der Waals surface area contributed by atoms with Gasteiger partial charge < -0.3 is 14.0 Å². The summed E-state index contributed by atoms with van der Waals surface area (Å²) in [4.78, 5) is 12.6. The van der Waals surface area contributed by atoms with Crippen LogP contribution in [0.3, 0.4) is 0 Å². The Morgan fingerprint density at radius 2 is 1.89 bits per heavy atom. The topological polar surface area (TPSA) is 121 Å². The normalized spacial score (nSPS) is 17.3. The Bertz CT molecular complexity index is 1110. The van der Waals surface area contributed by atoms with E-state index >= 15 is 0 Å². The van der Waals surface area contributed by atoms with E-state index < -0.39 is 10.0 Å². The van der Waals surface area contributed by atoms with E-state index in [2.05, 4.69) is 20.1 Å².